The molecule has 0 amide bonds. The van der Waals surface area contributed by atoms with Crippen LogP contribution in [0.1, 0.15) is 85.9 Å². The highest BCUT2D eigenvalue weighted by Crippen LogP contribution is 2.64. The third-order valence-corrected chi connectivity index (χ3v) is 14.3. The Hall–Kier alpha value is -0.120. The van der Waals surface area contributed by atoms with Gasteiger partial charge in [0.1, 0.15) is 0 Å². The fourth-order valence-corrected chi connectivity index (χ4v) is 12.5. The number of unbranched alkanes of at least 4 members (excludes halogenated alkanes) is 6. The summed E-state index contributed by atoms with van der Waals surface area (Å²) in [7, 11) is 0. The quantitative estimate of drug-likeness (QED) is 0.231. The molecule has 0 bridgehead atoms. The summed E-state index contributed by atoms with van der Waals surface area (Å²) in [6, 6.07) is 3.84. The van der Waals surface area contributed by atoms with Crippen LogP contribution in [0.2, 0.25) is 0 Å². The van der Waals surface area contributed by atoms with E-state index in [2.05, 4.69) is 13.8 Å². The standard InChI is InChI=1S/C26H30O2S6/c1-3-5-7-9-13-29-23-24(30-14-10-8-6-4-2)34-26(33-23)25-31-21-15-17-18(16-22(21)32-25)20(28)12-11-19(17)27/h11-12,15-16H,3-10,13-14H2,1-2H3. The van der Waals surface area contributed by atoms with Gasteiger partial charge in [0.25, 0.3) is 0 Å². The van der Waals surface area contributed by atoms with Crippen molar-refractivity contribution in [2.24, 2.45) is 0 Å². The van der Waals surface area contributed by atoms with Crippen molar-refractivity contribution in [1.29, 1.82) is 0 Å². The number of carbonyl (C=O) groups excluding carboxylic acids is 2. The third-order valence-electron chi connectivity index (χ3n) is 5.57. The Labute approximate surface area is 229 Å². The van der Waals surface area contributed by atoms with Crippen LogP contribution < -0.4 is 0 Å². The van der Waals surface area contributed by atoms with Gasteiger partial charge in [-0.15, -0.1) is 23.5 Å². The number of fused-ring (bicyclic) bond motifs is 2. The SMILES string of the molecule is CCCCCCSC1=C(SCCCCCC)SC(=C2Sc3cc4c(cc3S2)C(=O)C=CC4=O)S1. The van der Waals surface area contributed by atoms with Crippen LogP contribution in [-0.2, 0) is 0 Å². The van der Waals surface area contributed by atoms with Gasteiger partial charge in [-0.3, -0.25) is 9.59 Å². The fourth-order valence-electron chi connectivity index (χ4n) is 3.68. The molecule has 0 aromatic heterocycles. The van der Waals surface area contributed by atoms with Crippen molar-refractivity contribution in [2.45, 2.75) is 75.0 Å². The average Bonchev–Trinajstić information content (AvgIpc) is 3.44. The number of rotatable bonds is 12. The van der Waals surface area contributed by atoms with E-state index in [1.54, 1.807) is 23.5 Å². The van der Waals surface area contributed by atoms with E-state index in [-0.39, 0.29) is 11.6 Å². The van der Waals surface area contributed by atoms with Gasteiger partial charge in [0, 0.05) is 20.9 Å². The highest BCUT2D eigenvalue weighted by atomic mass is 32.3. The van der Waals surface area contributed by atoms with Crippen LogP contribution in [0, 0.1) is 0 Å². The van der Waals surface area contributed by atoms with Gasteiger partial charge in [0.05, 0.1) is 16.9 Å². The maximum absolute atomic E-state index is 12.3. The van der Waals surface area contributed by atoms with Crippen molar-refractivity contribution >= 4 is 82.1 Å². The molecule has 0 atom stereocenters. The first kappa shape index (κ1) is 26.9. The lowest BCUT2D eigenvalue weighted by Gasteiger charge is -2.10. The van der Waals surface area contributed by atoms with E-state index in [4.69, 9.17) is 0 Å². The van der Waals surface area contributed by atoms with E-state index < -0.39 is 0 Å². The molecule has 3 aliphatic rings. The van der Waals surface area contributed by atoms with E-state index in [1.165, 1.54) is 92.0 Å². The molecule has 0 radical (unpaired) electrons. The second-order valence-corrected chi connectivity index (χ2v) is 15.7. The molecule has 2 aliphatic heterocycles. The van der Waals surface area contributed by atoms with E-state index in [0.717, 1.165) is 9.79 Å². The second kappa shape index (κ2) is 13.4. The molecule has 2 nitrogen and oxygen atoms in total. The Bertz CT molecular complexity index is 963. The molecule has 0 saturated carbocycles. The second-order valence-electron chi connectivity index (χ2n) is 8.28. The van der Waals surface area contributed by atoms with E-state index >= 15 is 0 Å². The zero-order valence-corrected chi connectivity index (χ0v) is 24.5. The number of allylic oxidation sites excluding steroid dienone is 2. The molecule has 0 spiro atoms. The summed E-state index contributed by atoms with van der Waals surface area (Å²) in [6.45, 7) is 4.52. The summed E-state index contributed by atoms with van der Waals surface area (Å²) >= 11 is 11.4. The molecule has 0 N–H and O–H groups in total. The average molecular weight is 567 g/mol. The number of carbonyl (C=O) groups is 2. The van der Waals surface area contributed by atoms with E-state index in [9.17, 15) is 9.59 Å². The molecule has 4 rings (SSSR count). The largest absolute Gasteiger partial charge is 0.289 e. The maximum atomic E-state index is 12.3. The number of ketones is 2. The predicted molar refractivity (Wildman–Crippen MR) is 158 cm³/mol. The minimum absolute atomic E-state index is 0.0705. The summed E-state index contributed by atoms with van der Waals surface area (Å²) in [5.74, 6) is 2.24. The zero-order chi connectivity index (χ0) is 23.9. The first-order valence-corrected chi connectivity index (χ1v) is 17.2. The summed E-state index contributed by atoms with van der Waals surface area (Å²) in [4.78, 5) is 26.8. The molecule has 1 aromatic rings. The lowest BCUT2D eigenvalue weighted by molar-refractivity contribution is 0.0993. The summed E-state index contributed by atoms with van der Waals surface area (Å²) in [6.07, 6.45) is 13.2. The normalized spacial score (nSPS) is 17.2. The summed E-state index contributed by atoms with van der Waals surface area (Å²) < 4.78 is 5.57. The number of hydrogen-bond donors (Lipinski definition) is 0. The van der Waals surface area contributed by atoms with Gasteiger partial charge in [-0.2, -0.15) is 0 Å². The predicted octanol–water partition coefficient (Wildman–Crippen LogP) is 10.2. The van der Waals surface area contributed by atoms with Gasteiger partial charge < -0.3 is 0 Å². The molecule has 8 heteroatoms. The Balaban J connectivity index is 1.45. The monoisotopic (exact) mass is 566 g/mol. The Kier molecular flexibility index (Phi) is 10.6. The van der Waals surface area contributed by atoms with Crippen molar-refractivity contribution in [1.82, 2.24) is 0 Å². The maximum Gasteiger partial charge on any atom is 0.186 e. The third kappa shape index (κ3) is 6.80. The fraction of sp³-hybridized carbons (Fsp3) is 0.462. The molecule has 2 heterocycles. The Morgan fingerprint density at radius 1 is 0.618 bits per heavy atom. The van der Waals surface area contributed by atoms with Crippen molar-refractivity contribution in [2.75, 3.05) is 11.5 Å². The highest BCUT2D eigenvalue weighted by molar-refractivity contribution is 8.42. The van der Waals surface area contributed by atoms with Gasteiger partial charge in [-0.05, 0) is 48.6 Å². The molecule has 1 aromatic carbocycles. The Morgan fingerprint density at radius 2 is 1.06 bits per heavy atom. The molecular formula is C26H30O2S6. The van der Waals surface area contributed by atoms with E-state index in [1.807, 2.05) is 59.2 Å². The van der Waals surface area contributed by atoms with Crippen LogP contribution >= 0.6 is 70.6 Å². The number of hydrogen-bond acceptors (Lipinski definition) is 8. The van der Waals surface area contributed by atoms with Gasteiger partial charge in [-0.25, -0.2) is 0 Å². The molecule has 34 heavy (non-hydrogen) atoms. The van der Waals surface area contributed by atoms with Gasteiger partial charge in [0.15, 0.2) is 11.6 Å². The van der Waals surface area contributed by atoms with Crippen LogP contribution in [0.4, 0.5) is 0 Å². The van der Waals surface area contributed by atoms with Gasteiger partial charge in [0.2, 0.25) is 0 Å². The molecule has 1 aliphatic carbocycles. The first-order valence-electron chi connectivity index (χ1n) is 12.0. The molecule has 0 unspecified atom stereocenters. The van der Waals surface area contributed by atoms with Gasteiger partial charge in [-0.1, -0.05) is 99.4 Å². The lowest BCUT2D eigenvalue weighted by atomic mass is 9.95. The van der Waals surface area contributed by atoms with Crippen LogP contribution in [-0.4, -0.2) is 23.1 Å². The summed E-state index contributed by atoms with van der Waals surface area (Å²) in [5, 5.41) is 0. The molecule has 182 valence electrons. The minimum Gasteiger partial charge on any atom is -0.289 e. The lowest BCUT2D eigenvalue weighted by Crippen LogP contribution is -2.11. The smallest absolute Gasteiger partial charge is 0.186 e. The van der Waals surface area contributed by atoms with Crippen LogP contribution in [0.5, 0.6) is 0 Å². The van der Waals surface area contributed by atoms with Crippen LogP contribution in [0.25, 0.3) is 0 Å². The van der Waals surface area contributed by atoms with Crippen LogP contribution in [0.3, 0.4) is 0 Å². The summed E-state index contributed by atoms with van der Waals surface area (Å²) in [5.41, 5.74) is 1.09. The molecule has 0 fully saturated rings. The van der Waals surface area contributed by atoms with Crippen LogP contribution in [0.15, 0.2) is 51.0 Å². The van der Waals surface area contributed by atoms with Crippen molar-refractivity contribution in [3.8, 4) is 0 Å². The minimum atomic E-state index is -0.0705. The highest BCUT2D eigenvalue weighted by Gasteiger charge is 2.31. The number of benzene rings is 1. The zero-order valence-electron chi connectivity index (χ0n) is 19.6. The molecular weight excluding hydrogens is 537 g/mol. The van der Waals surface area contributed by atoms with Gasteiger partial charge >= 0.3 is 0 Å². The molecule has 0 saturated heterocycles. The van der Waals surface area contributed by atoms with Crippen molar-refractivity contribution in [3.63, 3.8) is 0 Å². The van der Waals surface area contributed by atoms with Crippen molar-refractivity contribution < 1.29 is 9.59 Å². The number of thioether (sulfide) groups is 6. The topological polar surface area (TPSA) is 34.1 Å². The van der Waals surface area contributed by atoms with Crippen molar-refractivity contribution in [3.05, 3.63) is 52.4 Å². The first-order chi connectivity index (χ1) is 16.6. The Morgan fingerprint density at radius 3 is 1.50 bits per heavy atom. The van der Waals surface area contributed by atoms with E-state index in [0.29, 0.717) is 11.1 Å².